The molecule has 0 radical (unpaired) electrons. The van der Waals surface area contributed by atoms with Gasteiger partial charge in [0.15, 0.2) is 0 Å². The lowest BCUT2D eigenvalue weighted by atomic mass is 10.1. The van der Waals surface area contributed by atoms with Gasteiger partial charge >= 0.3 is 0 Å². The molecule has 1 heterocycles. The summed E-state index contributed by atoms with van der Waals surface area (Å²) in [4.78, 5) is 4.19. The van der Waals surface area contributed by atoms with Crippen molar-refractivity contribution in [2.24, 2.45) is 5.73 Å². The Balaban J connectivity index is 2.24. The van der Waals surface area contributed by atoms with E-state index < -0.39 is 5.82 Å². The molecule has 2 N–H and O–H groups in total. The first-order valence-electron chi connectivity index (χ1n) is 6.42. The second-order valence-electron chi connectivity index (χ2n) is 4.52. The molecule has 106 valence electrons. The summed E-state index contributed by atoms with van der Waals surface area (Å²) in [6.07, 6.45) is 3.16. The van der Waals surface area contributed by atoms with E-state index in [0.29, 0.717) is 18.1 Å². The van der Waals surface area contributed by atoms with Gasteiger partial charge in [-0.1, -0.05) is 24.6 Å². The van der Waals surface area contributed by atoms with E-state index in [1.165, 1.54) is 18.2 Å². The van der Waals surface area contributed by atoms with E-state index >= 15 is 0 Å². The zero-order valence-corrected chi connectivity index (χ0v) is 11.9. The van der Waals surface area contributed by atoms with Gasteiger partial charge in [-0.05, 0) is 37.1 Å². The number of hydrogen-bond acceptors (Lipinski definition) is 3. The number of benzene rings is 1. The maximum Gasteiger partial charge on any atom is 0.222 e. The van der Waals surface area contributed by atoms with Crippen LogP contribution < -0.4 is 10.5 Å². The number of ether oxygens (including phenoxy) is 1. The van der Waals surface area contributed by atoms with Crippen LogP contribution in [0.3, 0.4) is 0 Å². The molecule has 0 aliphatic rings. The molecule has 0 saturated heterocycles. The minimum Gasteiger partial charge on any atom is -0.437 e. The normalized spacial score (nSPS) is 12.2. The van der Waals surface area contributed by atoms with Crippen LogP contribution in [0.1, 0.15) is 18.9 Å². The van der Waals surface area contributed by atoms with Gasteiger partial charge in [0.25, 0.3) is 0 Å². The van der Waals surface area contributed by atoms with E-state index in [1.54, 1.807) is 6.20 Å². The predicted molar refractivity (Wildman–Crippen MR) is 77.7 cm³/mol. The smallest absolute Gasteiger partial charge is 0.222 e. The second kappa shape index (κ2) is 6.68. The zero-order valence-electron chi connectivity index (χ0n) is 11.1. The molecular weight excluding hydrogens is 279 g/mol. The standard InChI is InChI=1S/C15H16ClFN2O/c1-2-12(18)8-10-4-3-7-19-15(10)20-14-6-5-11(17)9-13(14)16/h3-7,9,12H,2,8,18H2,1H3. The first-order chi connectivity index (χ1) is 9.60. The third-order valence-electron chi connectivity index (χ3n) is 2.96. The fourth-order valence-electron chi connectivity index (χ4n) is 1.76. The number of halogens is 2. The van der Waals surface area contributed by atoms with Gasteiger partial charge in [-0.3, -0.25) is 0 Å². The molecule has 1 atom stereocenters. The molecule has 20 heavy (non-hydrogen) atoms. The largest absolute Gasteiger partial charge is 0.437 e. The van der Waals surface area contributed by atoms with E-state index in [2.05, 4.69) is 4.98 Å². The molecule has 0 aliphatic carbocycles. The van der Waals surface area contributed by atoms with Gasteiger partial charge in [-0.25, -0.2) is 9.37 Å². The number of hydrogen-bond donors (Lipinski definition) is 1. The van der Waals surface area contributed by atoms with E-state index in [4.69, 9.17) is 22.1 Å². The molecule has 1 aromatic heterocycles. The van der Waals surface area contributed by atoms with Crippen LogP contribution in [-0.4, -0.2) is 11.0 Å². The van der Waals surface area contributed by atoms with Gasteiger partial charge in [-0.15, -0.1) is 0 Å². The van der Waals surface area contributed by atoms with E-state index in [1.807, 2.05) is 19.1 Å². The number of nitrogens with two attached hydrogens (primary N) is 1. The highest BCUT2D eigenvalue weighted by Crippen LogP contribution is 2.30. The maximum absolute atomic E-state index is 13.0. The second-order valence-corrected chi connectivity index (χ2v) is 4.92. The van der Waals surface area contributed by atoms with E-state index in [-0.39, 0.29) is 11.1 Å². The van der Waals surface area contributed by atoms with Crippen LogP contribution >= 0.6 is 11.6 Å². The molecule has 0 amide bonds. The van der Waals surface area contributed by atoms with Crippen LogP contribution in [0.4, 0.5) is 4.39 Å². The Morgan fingerprint density at radius 3 is 2.90 bits per heavy atom. The highest BCUT2D eigenvalue weighted by atomic mass is 35.5. The molecule has 0 spiro atoms. The molecule has 2 aromatic rings. The average Bonchev–Trinajstić information content (AvgIpc) is 2.43. The number of nitrogens with zero attached hydrogens (tertiary/aromatic N) is 1. The Morgan fingerprint density at radius 2 is 2.20 bits per heavy atom. The van der Waals surface area contributed by atoms with Crippen molar-refractivity contribution >= 4 is 11.6 Å². The lowest BCUT2D eigenvalue weighted by Crippen LogP contribution is -2.21. The summed E-state index contributed by atoms with van der Waals surface area (Å²) in [5, 5.41) is 0.210. The summed E-state index contributed by atoms with van der Waals surface area (Å²) in [5.74, 6) is 0.416. The molecule has 2 rings (SSSR count). The minimum absolute atomic E-state index is 0.0465. The summed E-state index contributed by atoms with van der Waals surface area (Å²) in [7, 11) is 0. The molecule has 0 fully saturated rings. The van der Waals surface area contributed by atoms with Gasteiger partial charge in [0.05, 0.1) is 5.02 Å². The summed E-state index contributed by atoms with van der Waals surface area (Å²) in [6, 6.07) is 7.77. The fraction of sp³-hybridized carbons (Fsp3) is 0.267. The van der Waals surface area contributed by atoms with Crippen LogP contribution in [0.25, 0.3) is 0 Å². The minimum atomic E-state index is -0.406. The number of pyridine rings is 1. The van der Waals surface area contributed by atoms with E-state index in [0.717, 1.165) is 12.0 Å². The van der Waals surface area contributed by atoms with E-state index in [9.17, 15) is 4.39 Å². The number of rotatable bonds is 5. The molecule has 0 saturated carbocycles. The number of aromatic nitrogens is 1. The van der Waals surface area contributed by atoms with Gasteiger partial charge in [0.2, 0.25) is 5.88 Å². The van der Waals surface area contributed by atoms with Crippen molar-refractivity contribution in [3.8, 4) is 11.6 Å². The molecular formula is C15H16ClFN2O. The van der Waals surface area contributed by atoms with Crippen molar-refractivity contribution in [3.63, 3.8) is 0 Å². The first kappa shape index (κ1) is 14.8. The first-order valence-corrected chi connectivity index (χ1v) is 6.80. The molecule has 0 bridgehead atoms. The van der Waals surface area contributed by atoms with Crippen LogP contribution in [-0.2, 0) is 6.42 Å². The Bertz CT molecular complexity index is 592. The maximum atomic E-state index is 13.0. The molecule has 1 unspecified atom stereocenters. The van der Waals surface area contributed by atoms with Crippen molar-refractivity contribution in [1.29, 1.82) is 0 Å². The van der Waals surface area contributed by atoms with Crippen molar-refractivity contribution in [1.82, 2.24) is 4.98 Å². The third kappa shape index (κ3) is 3.68. The van der Waals surface area contributed by atoms with Gasteiger partial charge < -0.3 is 10.5 Å². The quantitative estimate of drug-likeness (QED) is 0.908. The molecule has 3 nitrogen and oxygen atoms in total. The zero-order chi connectivity index (χ0) is 14.5. The SMILES string of the molecule is CCC(N)Cc1cccnc1Oc1ccc(F)cc1Cl. The lowest BCUT2D eigenvalue weighted by molar-refractivity contribution is 0.451. The van der Waals surface area contributed by atoms with Crippen LogP contribution in [0.15, 0.2) is 36.5 Å². The fourth-order valence-corrected chi connectivity index (χ4v) is 1.97. The monoisotopic (exact) mass is 294 g/mol. The Kier molecular flexibility index (Phi) is 4.93. The van der Waals surface area contributed by atoms with Crippen molar-refractivity contribution in [2.45, 2.75) is 25.8 Å². The molecule has 1 aromatic carbocycles. The van der Waals surface area contributed by atoms with Crippen LogP contribution in [0, 0.1) is 5.82 Å². The molecule has 0 aliphatic heterocycles. The van der Waals surface area contributed by atoms with Crippen LogP contribution in [0.2, 0.25) is 5.02 Å². The third-order valence-corrected chi connectivity index (χ3v) is 3.25. The topological polar surface area (TPSA) is 48.1 Å². The summed E-state index contributed by atoms with van der Waals surface area (Å²) in [5.41, 5.74) is 6.86. The summed E-state index contributed by atoms with van der Waals surface area (Å²) < 4.78 is 18.7. The summed E-state index contributed by atoms with van der Waals surface area (Å²) in [6.45, 7) is 2.03. The highest BCUT2D eigenvalue weighted by molar-refractivity contribution is 6.32. The molecule has 5 heteroatoms. The average molecular weight is 295 g/mol. The van der Waals surface area contributed by atoms with Gasteiger partial charge in [0, 0.05) is 17.8 Å². The van der Waals surface area contributed by atoms with Crippen molar-refractivity contribution in [2.75, 3.05) is 0 Å². The van der Waals surface area contributed by atoms with Gasteiger partial charge in [0.1, 0.15) is 11.6 Å². The Morgan fingerprint density at radius 1 is 1.40 bits per heavy atom. The highest BCUT2D eigenvalue weighted by Gasteiger charge is 2.11. The lowest BCUT2D eigenvalue weighted by Gasteiger charge is -2.13. The Hall–Kier alpha value is -1.65. The van der Waals surface area contributed by atoms with Crippen molar-refractivity contribution < 1.29 is 9.13 Å². The van der Waals surface area contributed by atoms with Crippen LogP contribution in [0.5, 0.6) is 11.6 Å². The Labute approximate surface area is 122 Å². The van der Waals surface area contributed by atoms with Crippen molar-refractivity contribution in [3.05, 3.63) is 52.9 Å². The summed E-state index contributed by atoms with van der Waals surface area (Å²) >= 11 is 5.95. The predicted octanol–water partition coefficient (Wildman–Crippen LogP) is 3.95. The van der Waals surface area contributed by atoms with Gasteiger partial charge in [-0.2, -0.15) is 0 Å².